The fraction of sp³-hybridized carbons (Fsp3) is 0.300. The number of rotatable bonds is 2. The molecule has 5 heteroatoms. The SMILES string of the molecule is COc1ccc(C)cc1N(C)C(=O)NN. The zero-order valence-electron chi connectivity index (χ0n) is 9.07. The van der Waals surface area contributed by atoms with Gasteiger partial charge < -0.3 is 4.74 Å². The number of amides is 2. The lowest BCUT2D eigenvalue weighted by atomic mass is 10.2. The van der Waals surface area contributed by atoms with Crippen molar-refractivity contribution in [3.8, 4) is 5.75 Å². The minimum atomic E-state index is -0.390. The Hall–Kier alpha value is -1.75. The third kappa shape index (κ3) is 2.38. The maximum Gasteiger partial charge on any atom is 0.335 e. The van der Waals surface area contributed by atoms with E-state index < -0.39 is 0 Å². The maximum atomic E-state index is 11.3. The van der Waals surface area contributed by atoms with Crippen molar-refractivity contribution in [1.29, 1.82) is 0 Å². The Kier molecular flexibility index (Phi) is 3.51. The van der Waals surface area contributed by atoms with Crippen LogP contribution in [0.4, 0.5) is 10.5 Å². The van der Waals surface area contributed by atoms with E-state index in [0.717, 1.165) is 5.56 Å². The highest BCUT2D eigenvalue weighted by Gasteiger charge is 2.13. The van der Waals surface area contributed by atoms with Crippen molar-refractivity contribution in [1.82, 2.24) is 5.43 Å². The summed E-state index contributed by atoms with van der Waals surface area (Å²) in [5, 5.41) is 0. The molecule has 0 aliphatic heterocycles. The summed E-state index contributed by atoms with van der Waals surface area (Å²) in [6, 6.07) is 5.19. The number of methoxy groups -OCH3 is 1. The zero-order chi connectivity index (χ0) is 11.4. The monoisotopic (exact) mass is 209 g/mol. The molecule has 0 aliphatic rings. The van der Waals surface area contributed by atoms with Gasteiger partial charge in [-0.1, -0.05) is 6.07 Å². The number of aryl methyl sites for hydroxylation is 1. The van der Waals surface area contributed by atoms with Crippen LogP contribution in [0.25, 0.3) is 0 Å². The second-order valence-corrected chi connectivity index (χ2v) is 3.18. The maximum absolute atomic E-state index is 11.3. The molecule has 0 radical (unpaired) electrons. The van der Waals surface area contributed by atoms with E-state index >= 15 is 0 Å². The lowest BCUT2D eigenvalue weighted by molar-refractivity contribution is 0.247. The standard InChI is InChI=1S/C10H15N3O2/c1-7-4-5-9(15-3)8(6-7)13(2)10(14)12-11/h4-6H,11H2,1-3H3,(H,12,14). The summed E-state index contributed by atoms with van der Waals surface area (Å²) in [5.74, 6) is 5.69. The highest BCUT2D eigenvalue weighted by molar-refractivity contribution is 5.92. The average molecular weight is 209 g/mol. The largest absolute Gasteiger partial charge is 0.495 e. The molecule has 0 spiro atoms. The normalized spacial score (nSPS) is 9.60. The number of carbonyl (C=O) groups excluding carboxylic acids is 1. The van der Waals surface area contributed by atoms with E-state index in [1.807, 2.05) is 25.1 Å². The van der Waals surface area contributed by atoms with E-state index in [4.69, 9.17) is 10.6 Å². The highest BCUT2D eigenvalue weighted by Crippen LogP contribution is 2.28. The molecule has 0 aliphatic carbocycles. The number of hydrogen-bond acceptors (Lipinski definition) is 3. The molecular formula is C10H15N3O2. The molecular weight excluding hydrogens is 194 g/mol. The molecule has 0 saturated carbocycles. The molecule has 3 N–H and O–H groups in total. The van der Waals surface area contributed by atoms with Crippen molar-refractivity contribution in [3.05, 3.63) is 23.8 Å². The van der Waals surface area contributed by atoms with E-state index in [-0.39, 0.29) is 6.03 Å². The molecule has 5 nitrogen and oxygen atoms in total. The molecule has 0 aromatic heterocycles. The van der Waals surface area contributed by atoms with Gasteiger partial charge in [-0.2, -0.15) is 0 Å². The third-order valence-corrected chi connectivity index (χ3v) is 2.12. The number of ether oxygens (including phenoxy) is 1. The number of hydrogen-bond donors (Lipinski definition) is 2. The molecule has 1 aromatic carbocycles. The molecule has 0 atom stereocenters. The van der Waals surface area contributed by atoms with Gasteiger partial charge in [0.25, 0.3) is 0 Å². The summed E-state index contributed by atoms with van der Waals surface area (Å²) in [6.45, 7) is 1.94. The van der Waals surface area contributed by atoms with Gasteiger partial charge in [0.15, 0.2) is 0 Å². The number of benzene rings is 1. The molecule has 1 rings (SSSR count). The van der Waals surface area contributed by atoms with Crippen LogP contribution in [-0.4, -0.2) is 20.2 Å². The molecule has 0 unspecified atom stereocenters. The number of urea groups is 1. The average Bonchev–Trinajstić information content (AvgIpc) is 2.27. The second kappa shape index (κ2) is 4.65. The first kappa shape index (κ1) is 11.3. The fourth-order valence-electron chi connectivity index (χ4n) is 1.27. The predicted molar refractivity (Wildman–Crippen MR) is 58.9 cm³/mol. The van der Waals surface area contributed by atoms with Gasteiger partial charge in [-0.3, -0.25) is 10.3 Å². The van der Waals surface area contributed by atoms with Gasteiger partial charge in [0.1, 0.15) is 5.75 Å². The third-order valence-electron chi connectivity index (χ3n) is 2.12. The highest BCUT2D eigenvalue weighted by atomic mass is 16.5. The van der Waals surface area contributed by atoms with Crippen molar-refractivity contribution in [3.63, 3.8) is 0 Å². The number of carbonyl (C=O) groups is 1. The van der Waals surface area contributed by atoms with Crippen molar-refractivity contribution in [2.45, 2.75) is 6.92 Å². The van der Waals surface area contributed by atoms with Crippen LogP contribution >= 0.6 is 0 Å². The topological polar surface area (TPSA) is 67.6 Å². The van der Waals surface area contributed by atoms with Crippen LogP contribution < -0.4 is 20.9 Å². The van der Waals surface area contributed by atoms with Gasteiger partial charge in [-0.15, -0.1) is 0 Å². The number of hydrazine groups is 1. The first-order valence-electron chi connectivity index (χ1n) is 4.49. The first-order chi connectivity index (χ1) is 7.10. The Morgan fingerprint density at radius 2 is 2.20 bits per heavy atom. The van der Waals surface area contributed by atoms with E-state index in [1.54, 1.807) is 14.2 Å². The van der Waals surface area contributed by atoms with Crippen molar-refractivity contribution in [2.75, 3.05) is 19.1 Å². The molecule has 0 heterocycles. The Balaban J connectivity index is 3.10. The zero-order valence-corrected chi connectivity index (χ0v) is 9.07. The number of nitrogens with zero attached hydrogens (tertiary/aromatic N) is 1. The summed E-state index contributed by atoms with van der Waals surface area (Å²) >= 11 is 0. The summed E-state index contributed by atoms with van der Waals surface area (Å²) in [4.78, 5) is 12.7. The lowest BCUT2D eigenvalue weighted by Gasteiger charge is -2.19. The molecule has 15 heavy (non-hydrogen) atoms. The van der Waals surface area contributed by atoms with E-state index in [0.29, 0.717) is 11.4 Å². The van der Waals surface area contributed by atoms with Crippen LogP contribution in [-0.2, 0) is 0 Å². The number of anilines is 1. The van der Waals surface area contributed by atoms with E-state index in [1.165, 1.54) is 4.90 Å². The van der Waals surface area contributed by atoms with E-state index in [2.05, 4.69) is 5.43 Å². The Labute approximate surface area is 88.8 Å². The van der Waals surface area contributed by atoms with Crippen LogP contribution in [0.3, 0.4) is 0 Å². The minimum absolute atomic E-state index is 0.390. The first-order valence-corrected chi connectivity index (χ1v) is 4.49. The minimum Gasteiger partial charge on any atom is -0.495 e. The second-order valence-electron chi connectivity index (χ2n) is 3.18. The summed E-state index contributed by atoms with van der Waals surface area (Å²) in [5.41, 5.74) is 3.79. The van der Waals surface area contributed by atoms with Gasteiger partial charge >= 0.3 is 6.03 Å². The van der Waals surface area contributed by atoms with Gasteiger partial charge in [0.05, 0.1) is 12.8 Å². The van der Waals surface area contributed by atoms with Crippen LogP contribution in [0, 0.1) is 6.92 Å². The molecule has 2 amide bonds. The van der Waals surface area contributed by atoms with Gasteiger partial charge in [0, 0.05) is 7.05 Å². The molecule has 0 saturated heterocycles. The molecule has 0 fully saturated rings. The summed E-state index contributed by atoms with van der Waals surface area (Å²) in [7, 11) is 3.18. The van der Waals surface area contributed by atoms with Crippen molar-refractivity contribution in [2.24, 2.45) is 5.84 Å². The number of nitrogens with one attached hydrogen (secondary N) is 1. The molecule has 1 aromatic rings. The smallest absolute Gasteiger partial charge is 0.335 e. The summed E-state index contributed by atoms with van der Waals surface area (Å²) < 4.78 is 5.15. The number of nitrogens with two attached hydrogens (primary N) is 1. The molecule has 82 valence electrons. The fourth-order valence-corrected chi connectivity index (χ4v) is 1.27. The van der Waals surface area contributed by atoms with Gasteiger partial charge in [-0.05, 0) is 24.6 Å². The lowest BCUT2D eigenvalue weighted by Crippen LogP contribution is -2.41. The Bertz CT molecular complexity index is 366. The predicted octanol–water partition coefficient (Wildman–Crippen LogP) is 1.02. The van der Waals surface area contributed by atoms with Crippen LogP contribution in [0.15, 0.2) is 18.2 Å². The Morgan fingerprint density at radius 1 is 1.53 bits per heavy atom. The van der Waals surface area contributed by atoms with Crippen molar-refractivity contribution >= 4 is 11.7 Å². The van der Waals surface area contributed by atoms with Gasteiger partial charge in [-0.25, -0.2) is 10.6 Å². The molecule has 0 bridgehead atoms. The van der Waals surface area contributed by atoms with Crippen molar-refractivity contribution < 1.29 is 9.53 Å². The van der Waals surface area contributed by atoms with Gasteiger partial charge in [0.2, 0.25) is 0 Å². The van der Waals surface area contributed by atoms with E-state index in [9.17, 15) is 4.79 Å². The van der Waals surface area contributed by atoms with Crippen LogP contribution in [0.5, 0.6) is 5.75 Å². The van der Waals surface area contributed by atoms with Crippen LogP contribution in [0.1, 0.15) is 5.56 Å². The Morgan fingerprint density at radius 3 is 2.73 bits per heavy atom. The summed E-state index contributed by atoms with van der Waals surface area (Å²) in [6.07, 6.45) is 0. The quantitative estimate of drug-likeness (QED) is 0.434. The van der Waals surface area contributed by atoms with Crippen LogP contribution in [0.2, 0.25) is 0 Å².